The van der Waals surface area contributed by atoms with Crippen LogP contribution < -0.4 is 5.32 Å². The van der Waals surface area contributed by atoms with Crippen LogP contribution in [-0.4, -0.2) is 21.0 Å². The zero-order valence-corrected chi connectivity index (χ0v) is 12.0. The molecule has 0 saturated carbocycles. The molecule has 1 N–H and O–H groups in total. The van der Waals surface area contributed by atoms with E-state index in [0.717, 1.165) is 6.07 Å². The molecule has 1 amide bonds. The molecule has 0 aromatic carbocycles. The molecule has 3 heterocycles. The van der Waals surface area contributed by atoms with Gasteiger partial charge < -0.3 is 13.3 Å². The summed E-state index contributed by atoms with van der Waals surface area (Å²) in [4.78, 5) is 21.7. The Bertz CT molecular complexity index is 890. The van der Waals surface area contributed by atoms with Crippen LogP contribution in [-0.2, 0) is 0 Å². The Kier molecular flexibility index (Phi) is 3.41. The molecule has 0 bridgehead atoms. The molecule has 23 heavy (non-hydrogen) atoms. The van der Waals surface area contributed by atoms with Gasteiger partial charge in [-0.1, -0.05) is 5.10 Å². The fourth-order valence-electron chi connectivity index (χ4n) is 1.93. The molecular weight excluding hydrogens is 308 g/mol. The Hall–Kier alpha value is -3.43. The molecular formula is C13H10N4O6. The number of aromatic nitrogens is 2. The highest BCUT2D eigenvalue weighted by molar-refractivity contribution is 6.01. The average molecular weight is 318 g/mol. The van der Waals surface area contributed by atoms with Crippen molar-refractivity contribution in [3.8, 4) is 11.5 Å². The second-order valence-electron chi connectivity index (χ2n) is 4.59. The predicted molar refractivity (Wildman–Crippen MR) is 74.8 cm³/mol. The molecule has 0 radical (unpaired) electrons. The molecule has 118 valence electrons. The molecule has 0 aliphatic rings. The smallest absolute Gasteiger partial charge is 0.433 e. The van der Waals surface area contributed by atoms with Crippen LogP contribution in [0.1, 0.15) is 22.1 Å². The number of aryl methyl sites for hydroxylation is 2. The van der Waals surface area contributed by atoms with Crippen LogP contribution in [0.25, 0.3) is 11.5 Å². The van der Waals surface area contributed by atoms with Gasteiger partial charge in [0.2, 0.25) is 0 Å². The topological polar surface area (TPSA) is 137 Å². The number of nitro groups is 1. The van der Waals surface area contributed by atoms with Gasteiger partial charge >= 0.3 is 11.9 Å². The molecule has 0 fully saturated rings. The number of nitrogens with one attached hydrogen (secondary N) is 1. The minimum atomic E-state index is -0.744. The number of carbonyl (C=O) groups is 1. The van der Waals surface area contributed by atoms with Gasteiger partial charge in [-0.2, -0.15) is 0 Å². The lowest BCUT2D eigenvalue weighted by molar-refractivity contribution is -0.402. The number of amides is 1. The first kappa shape index (κ1) is 14.5. The summed E-state index contributed by atoms with van der Waals surface area (Å²) in [7, 11) is 0. The molecule has 3 rings (SSSR count). The largest absolute Gasteiger partial charge is 0.466 e. The second kappa shape index (κ2) is 5.40. The van der Waals surface area contributed by atoms with Gasteiger partial charge in [0.25, 0.3) is 11.8 Å². The molecule has 10 heteroatoms. The number of anilines is 1. The first-order valence-corrected chi connectivity index (χ1v) is 6.40. The van der Waals surface area contributed by atoms with Crippen molar-refractivity contribution in [3.63, 3.8) is 0 Å². The van der Waals surface area contributed by atoms with Gasteiger partial charge in [0.15, 0.2) is 5.76 Å². The van der Waals surface area contributed by atoms with Crippen molar-refractivity contribution in [1.29, 1.82) is 0 Å². The maximum atomic E-state index is 11.9. The van der Waals surface area contributed by atoms with Crippen LogP contribution in [0.5, 0.6) is 0 Å². The molecule has 0 aliphatic heterocycles. The van der Waals surface area contributed by atoms with Gasteiger partial charge in [-0.25, -0.2) is 0 Å². The van der Waals surface area contributed by atoms with Crippen LogP contribution in [0.4, 0.5) is 11.9 Å². The number of hydrogen-bond acceptors (Lipinski definition) is 8. The highest BCUT2D eigenvalue weighted by Crippen LogP contribution is 2.26. The lowest BCUT2D eigenvalue weighted by atomic mass is 10.2. The third-order valence-corrected chi connectivity index (χ3v) is 2.91. The number of furan rings is 2. The minimum absolute atomic E-state index is 0.165. The number of rotatable bonds is 4. The van der Waals surface area contributed by atoms with Gasteiger partial charge in [0.05, 0.1) is 11.6 Å². The Morgan fingerprint density at radius 3 is 2.61 bits per heavy atom. The van der Waals surface area contributed by atoms with Crippen molar-refractivity contribution in [1.82, 2.24) is 10.2 Å². The molecule has 0 aliphatic carbocycles. The molecule has 3 aromatic heterocycles. The molecule has 10 nitrogen and oxygen atoms in total. The minimum Gasteiger partial charge on any atom is -0.466 e. The zero-order valence-electron chi connectivity index (χ0n) is 12.0. The van der Waals surface area contributed by atoms with E-state index in [1.165, 1.54) is 6.07 Å². The Morgan fingerprint density at radius 1 is 1.22 bits per heavy atom. The molecule has 0 spiro atoms. The molecule has 0 atom stereocenters. The summed E-state index contributed by atoms with van der Waals surface area (Å²) in [5.41, 5.74) is 0.615. The van der Waals surface area contributed by atoms with Crippen molar-refractivity contribution < 1.29 is 23.0 Å². The zero-order chi connectivity index (χ0) is 16.6. The lowest BCUT2D eigenvalue weighted by Gasteiger charge is -1.95. The van der Waals surface area contributed by atoms with Gasteiger partial charge in [-0.15, -0.1) is 5.10 Å². The van der Waals surface area contributed by atoms with E-state index in [1.54, 1.807) is 19.9 Å². The van der Waals surface area contributed by atoms with Crippen molar-refractivity contribution >= 4 is 17.8 Å². The molecule has 0 saturated heterocycles. The average Bonchev–Trinajstić information content (AvgIpc) is 3.18. The van der Waals surface area contributed by atoms with E-state index >= 15 is 0 Å². The van der Waals surface area contributed by atoms with Crippen molar-refractivity contribution in [2.45, 2.75) is 13.8 Å². The van der Waals surface area contributed by atoms with Crippen LogP contribution in [0.15, 0.2) is 31.5 Å². The third kappa shape index (κ3) is 2.81. The van der Waals surface area contributed by atoms with Crippen molar-refractivity contribution in [2.75, 3.05) is 5.32 Å². The summed E-state index contributed by atoms with van der Waals surface area (Å²) in [6.07, 6.45) is 0. The van der Waals surface area contributed by atoms with Crippen LogP contribution >= 0.6 is 0 Å². The molecule has 3 aromatic rings. The molecule has 0 unspecified atom stereocenters. The maximum absolute atomic E-state index is 11.9. The summed E-state index contributed by atoms with van der Waals surface area (Å²) in [5.74, 6) is -0.0546. The van der Waals surface area contributed by atoms with E-state index in [1.807, 2.05) is 0 Å². The van der Waals surface area contributed by atoms with Gasteiger partial charge in [0, 0.05) is 0 Å². The van der Waals surface area contributed by atoms with Crippen LogP contribution in [0.2, 0.25) is 0 Å². The van der Waals surface area contributed by atoms with Crippen LogP contribution in [0.3, 0.4) is 0 Å². The summed E-state index contributed by atoms with van der Waals surface area (Å²) >= 11 is 0. The first-order chi connectivity index (χ1) is 10.9. The normalized spacial score (nSPS) is 10.7. The summed E-state index contributed by atoms with van der Waals surface area (Å²) < 4.78 is 15.5. The highest BCUT2D eigenvalue weighted by atomic mass is 16.6. The van der Waals surface area contributed by atoms with E-state index < -0.39 is 16.7 Å². The summed E-state index contributed by atoms with van der Waals surface area (Å²) in [6.45, 7) is 3.52. The Morgan fingerprint density at radius 2 is 2.00 bits per heavy atom. The third-order valence-electron chi connectivity index (χ3n) is 2.91. The van der Waals surface area contributed by atoms with Gasteiger partial charge in [0.1, 0.15) is 16.4 Å². The quantitative estimate of drug-likeness (QED) is 0.572. The number of nitrogens with zero attached hydrogens (tertiary/aromatic N) is 3. The van der Waals surface area contributed by atoms with Gasteiger partial charge in [-0.05, 0) is 26.0 Å². The number of carbonyl (C=O) groups excluding carboxylic acids is 1. The second-order valence-corrected chi connectivity index (χ2v) is 4.59. The fourth-order valence-corrected chi connectivity index (χ4v) is 1.93. The standard InChI is InChI=1S/C13H10N4O6/c1-6-5-8(7(2)21-6)12-15-16-13(23-12)14-11(18)9-3-4-10(22-9)17(19)20/h3-5H,1-2H3,(H,14,16,18). The van der Waals surface area contributed by atoms with Crippen LogP contribution in [0, 0.1) is 24.0 Å². The van der Waals surface area contributed by atoms with E-state index in [0.29, 0.717) is 17.1 Å². The van der Waals surface area contributed by atoms with Crippen molar-refractivity contribution in [2.24, 2.45) is 0 Å². The predicted octanol–water partition coefficient (Wildman–Crippen LogP) is 2.70. The van der Waals surface area contributed by atoms with Gasteiger partial charge in [-0.3, -0.25) is 20.2 Å². The van der Waals surface area contributed by atoms with E-state index in [2.05, 4.69) is 15.5 Å². The lowest BCUT2D eigenvalue weighted by Crippen LogP contribution is -2.11. The monoisotopic (exact) mass is 318 g/mol. The Balaban J connectivity index is 1.77. The SMILES string of the molecule is Cc1cc(-c2nnc(NC(=O)c3ccc([N+](=O)[O-])o3)o2)c(C)o1. The van der Waals surface area contributed by atoms with E-state index in [-0.39, 0.29) is 17.7 Å². The highest BCUT2D eigenvalue weighted by Gasteiger charge is 2.20. The summed E-state index contributed by atoms with van der Waals surface area (Å²) in [5, 5.41) is 20.3. The summed E-state index contributed by atoms with van der Waals surface area (Å²) in [6, 6.07) is 3.81. The maximum Gasteiger partial charge on any atom is 0.433 e. The van der Waals surface area contributed by atoms with E-state index in [4.69, 9.17) is 13.3 Å². The van der Waals surface area contributed by atoms with E-state index in [9.17, 15) is 14.9 Å². The fraction of sp³-hybridized carbons (Fsp3) is 0.154. The first-order valence-electron chi connectivity index (χ1n) is 6.40. The Labute approximate surface area is 128 Å². The number of hydrogen-bond donors (Lipinski definition) is 1. The van der Waals surface area contributed by atoms with Crippen molar-refractivity contribution in [3.05, 3.63) is 45.6 Å².